The van der Waals surface area contributed by atoms with E-state index in [0.29, 0.717) is 25.3 Å². The summed E-state index contributed by atoms with van der Waals surface area (Å²) >= 11 is 0. The van der Waals surface area contributed by atoms with E-state index >= 15 is 0 Å². The number of rotatable bonds is 9. The molecular formula is C15H24N2O4. The van der Waals surface area contributed by atoms with Crippen molar-refractivity contribution in [2.45, 2.75) is 52.2 Å². The Morgan fingerprint density at radius 2 is 2.10 bits per heavy atom. The van der Waals surface area contributed by atoms with Gasteiger partial charge in [-0.05, 0) is 45.9 Å². The van der Waals surface area contributed by atoms with Gasteiger partial charge in [0.1, 0.15) is 5.76 Å². The van der Waals surface area contributed by atoms with E-state index in [1.54, 1.807) is 18.4 Å². The van der Waals surface area contributed by atoms with E-state index in [0.717, 1.165) is 0 Å². The van der Waals surface area contributed by atoms with Crippen LogP contribution in [0.2, 0.25) is 0 Å². The predicted molar refractivity (Wildman–Crippen MR) is 78.7 cm³/mol. The first-order valence-electron chi connectivity index (χ1n) is 7.19. The maximum atomic E-state index is 12.2. The van der Waals surface area contributed by atoms with Crippen LogP contribution >= 0.6 is 0 Å². The molecule has 118 valence electrons. The van der Waals surface area contributed by atoms with E-state index in [1.807, 2.05) is 25.7 Å². The predicted octanol–water partition coefficient (Wildman–Crippen LogP) is 1.86. The second-order valence-electron chi connectivity index (χ2n) is 5.30. The number of nitrogens with one attached hydrogen (secondary N) is 1. The van der Waals surface area contributed by atoms with Gasteiger partial charge in [-0.1, -0.05) is 0 Å². The minimum atomic E-state index is -0.811. The van der Waals surface area contributed by atoms with E-state index in [4.69, 9.17) is 9.52 Å². The highest BCUT2D eigenvalue weighted by Gasteiger charge is 2.23. The molecular weight excluding hydrogens is 272 g/mol. The summed E-state index contributed by atoms with van der Waals surface area (Å²) in [6.45, 7) is 6.77. The highest BCUT2D eigenvalue weighted by molar-refractivity contribution is 5.81. The van der Waals surface area contributed by atoms with Crippen LogP contribution in [-0.2, 0) is 16.1 Å². The number of carboxylic acid groups (broad SMARTS) is 1. The molecule has 1 aromatic heterocycles. The van der Waals surface area contributed by atoms with Gasteiger partial charge in [0.25, 0.3) is 0 Å². The fraction of sp³-hybridized carbons (Fsp3) is 0.600. The molecule has 1 unspecified atom stereocenters. The van der Waals surface area contributed by atoms with Crippen molar-refractivity contribution in [2.75, 3.05) is 6.54 Å². The summed E-state index contributed by atoms with van der Waals surface area (Å²) < 4.78 is 5.17. The molecule has 0 spiro atoms. The molecule has 1 heterocycles. The number of furan rings is 1. The molecule has 6 heteroatoms. The third-order valence-corrected chi connectivity index (χ3v) is 3.36. The first-order valence-corrected chi connectivity index (χ1v) is 7.19. The van der Waals surface area contributed by atoms with Crippen LogP contribution in [-0.4, -0.2) is 40.5 Å². The Labute approximate surface area is 125 Å². The van der Waals surface area contributed by atoms with E-state index in [-0.39, 0.29) is 24.4 Å². The topological polar surface area (TPSA) is 82.8 Å². The highest BCUT2D eigenvalue weighted by Crippen LogP contribution is 2.09. The molecule has 0 fully saturated rings. The molecule has 6 nitrogen and oxygen atoms in total. The zero-order chi connectivity index (χ0) is 15.8. The first kappa shape index (κ1) is 17.2. The maximum absolute atomic E-state index is 12.2. The number of amides is 1. The molecule has 0 aliphatic rings. The van der Waals surface area contributed by atoms with E-state index in [1.165, 1.54) is 0 Å². The Hall–Kier alpha value is -1.82. The molecule has 0 aliphatic carbocycles. The Morgan fingerprint density at radius 1 is 1.38 bits per heavy atom. The second kappa shape index (κ2) is 8.46. The molecule has 1 atom stereocenters. The van der Waals surface area contributed by atoms with Gasteiger partial charge in [0.15, 0.2) is 0 Å². The van der Waals surface area contributed by atoms with Crippen LogP contribution in [0.15, 0.2) is 22.8 Å². The summed E-state index contributed by atoms with van der Waals surface area (Å²) in [4.78, 5) is 24.8. The van der Waals surface area contributed by atoms with E-state index < -0.39 is 5.97 Å². The molecule has 1 aromatic rings. The Balaban J connectivity index is 2.48. The van der Waals surface area contributed by atoms with Gasteiger partial charge in [-0.2, -0.15) is 0 Å². The van der Waals surface area contributed by atoms with Crippen LogP contribution in [0.3, 0.4) is 0 Å². The van der Waals surface area contributed by atoms with Crippen LogP contribution in [0.25, 0.3) is 0 Å². The standard InChI is InChI=1S/C15H24N2O4/c1-11(2)17(8-4-7-14(18)19)12(3)15(20)16-10-13-6-5-9-21-13/h5-6,9,11-12H,4,7-8,10H2,1-3H3,(H,16,20)(H,18,19). The lowest BCUT2D eigenvalue weighted by atomic mass is 10.1. The molecule has 0 bridgehead atoms. The molecule has 0 saturated carbocycles. The monoisotopic (exact) mass is 296 g/mol. The van der Waals surface area contributed by atoms with Crippen LogP contribution in [0, 0.1) is 0 Å². The van der Waals surface area contributed by atoms with Gasteiger partial charge < -0.3 is 14.8 Å². The summed E-state index contributed by atoms with van der Waals surface area (Å²) in [5, 5.41) is 11.5. The summed E-state index contributed by atoms with van der Waals surface area (Å²) in [5.41, 5.74) is 0. The molecule has 21 heavy (non-hydrogen) atoms. The second-order valence-corrected chi connectivity index (χ2v) is 5.30. The van der Waals surface area contributed by atoms with Crippen molar-refractivity contribution in [1.82, 2.24) is 10.2 Å². The minimum Gasteiger partial charge on any atom is -0.481 e. The van der Waals surface area contributed by atoms with Crippen molar-refractivity contribution >= 4 is 11.9 Å². The zero-order valence-corrected chi connectivity index (χ0v) is 12.8. The zero-order valence-electron chi connectivity index (χ0n) is 12.8. The fourth-order valence-electron chi connectivity index (χ4n) is 2.20. The first-order chi connectivity index (χ1) is 9.91. The van der Waals surface area contributed by atoms with E-state index in [9.17, 15) is 9.59 Å². The van der Waals surface area contributed by atoms with Crippen molar-refractivity contribution in [1.29, 1.82) is 0 Å². The van der Waals surface area contributed by atoms with Crippen molar-refractivity contribution in [3.63, 3.8) is 0 Å². The lowest BCUT2D eigenvalue weighted by Gasteiger charge is -2.31. The maximum Gasteiger partial charge on any atom is 0.303 e. The average Bonchev–Trinajstić information content (AvgIpc) is 2.92. The summed E-state index contributed by atoms with van der Waals surface area (Å²) in [6, 6.07) is 3.44. The number of nitrogens with zero attached hydrogens (tertiary/aromatic N) is 1. The number of hydrogen-bond donors (Lipinski definition) is 2. The molecule has 2 N–H and O–H groups in total. The van der Waals surface area contributed by atoms with Crippen LogP contribution < -0.4 is 5.32 Å². The van der Waals surface area contributed by atoms with Crippen LogP contribution in [0.1, 0.15) is 39.4 Å². The average molecular weight is 296 g/mol. The van der Waals surface area contributed by atoms with Crippen LogP contribution in [0.5, 0.6) is 0 Å². The van der Waals surface area contributed by atoms with Gasteiger partial charge in [-0.25, -0.2) is 0 Å². The van der Waals surface area contributed by atoms with Crippen molar-refractivity contribution in [2.24, 2.45) is 0 Å². The molecule has 1 amide bonds. The van der Waals surface area contributed by atoms with Gasteiger partial charge >= 0.3 is 5.97 Å². The number of aliphatic carboxylic acids is 1. The normalized spacial score (nSPS) is 12.6. The molecule has 0 radical (unpaired) electrons. The van der Waals surface area contributed by atoms with Crippen molar-refractivity contribution in [3.8, 4) is 0 Å². The molecule has 1 rings (SSSR count). The quantitative estimate of drug-likeness (QED) is 0.727. The fourth-order valence-corrected chi connectivity index (χ4v) is 2.20. The summed E-state index contributed by atoms with van der Waals surface area (Å²) in [6.07, 6.45) is 2.21. The smallest absolute Gasteiger partial charge is 0.303 e. The third kappa shape index (κ3) is 5.99. The molecule has 0 aliphatic heterocycles. The highest BCUT2D eigenvalue weighted by atomic mass is 16.4. The Bertz CT molecular complexity index is 443. The van der Waals surface area contributed by atoms with Gasteiger partial charge in [0, 0.05) is 12.5 Å². The largest absolute Gasteiger partial charge is 0.481 e. The number of carbonyl (C=O) groups excluding carboxylic acids is 1. The van der Waals surface area contributed by atoms with Gasteiger partial charge in [-0.15, -0.1) is 0 Å². The minimum absolute atomic E-state index is 0.0876. The summed E-state index contributed by atoms with van der Waals surface area (Å²) in [7, 11) is 0. The number of carbonyl (C=O) groups is 2. The van der Waals surface area contributed by atoms with Gasteiger partial charge in [0.2, 0.25) is 5.91 Å². The number of hydrogen-bond acceptors (Lipinski definition) is 4. The summed E-state index contributed by atoms with van der Waals surface area (Å²) in [5.74, 6) is -0.193. The number of carboxylic acids is 1. The molecule has 0 saturated heterocycles. The van der Waals surface area contributed by atoms with Gasteiger partial charge in [-0.3, -0.25) is 14.5 Å². The Morgan fingerprint density at radius 3 is 2.62 bits per heavy atom. The molecule has 0 aromatic carbocycles. The lowest BCUT2D eigenvalue weighted by Crippen LogP contribution is -2.48. The van der Waals surface area contributed by atoms with Crippen molar-refractivity contribution < 1.29 is 19.1 Å². The van der Waals surface area contributed by atoms with Gasteiger partial charge in [0.05, 0.1) is 18.8 Å². The SMILES string of the molecule is CC(C)N(CCCC(=O)O)C(C)C(=O)NCc1ccco1. The van der Waals surface area contributed by atoms with E-state index in [2.05, 4.69) is 5.32 Å². The van der Waals surface area contributed by atoms with Crippen LogP contribution in [0.4, 0.5) is 0 Å². The lowest BCUT2D eigenvalue weighted by molar-refractivity contribution is -0.137. The Kier molecular flexibility index (Phi) is 6.94. The van der Waals surface area contributed by atoms with Crippen molar-refractivity contribution in [3.05, 3.63) is 24.2 Å². The third-order valence-electron chi connectivity index (χ3n) is 3.36.